The van der Waals surface area contributed by atoms with Crippen LogP contribution in [-0.4, -0.2) is 44.4 Å². The van der Waals surface area contributed by atoms with E-state index in [9.17, 15) is 4.79 Å². The molecule has 4 heteroatoms. The number of rotatable bonds is 5. The van der Waals surface area contributed by atoms with Gasteiger partial charge in [0.2, 0.25) is 5.91 Å². The smallest absolute Gasteiger partial charge is 0.246 e. The Bertz CT molecular complexity index is 170. The van der Waals surface area contributed by atoms with Gasteiger partial charge in [-0.25, -0.2) is 0 Å². The fourth-order valence-corrected chi connectivity index (χ4v) is 0.748. The minimum absolute atomic E-state index is 0.0474. The molecule has 0 rings (SSSR count). The van der Waals surface area contributed by atoms with Gasteiger partial charge >= 0.3 is 0 Å². The molecule has 14 heavy (non-hydrogen) atoms. The molecule has 0 aliphatic heterocycles. The van der Waals surface area contributed by atoms with Crippen LogP contribution in [0.2, 0.25) is 0 Å². The van der Waals surface area contributed by atoms with E-state index in [2.05, 4.69) is 28.4 Å². The molecule has 0 aromatic carbocycles. The standard InChI is InChI=1S/C9H18N2O.CH3Cl/c1-8(2)9(12)10-6-5-7-11(3)4;1-2/h1,5-7H2,2-4H3,(H,10,12);1H3. The van der Waals surface area contributed by atoms with Crippen molar-refractivity contribution in [2.24, 2.45) is 0 Å². The van der Waals surface area contributed by atoms with Gasteiger partial charge in [-0.3, -0.25) is 4.79 Å². The fourth-order valence-electron chi connectivity index (χ4n) is 0.748. The minimum Gasteiger partial charge on any atom is -0.352 e. The van der Waals surface area contributed by atoms with Gasteiger partial charge in [-0.05, 0) is 34.0 Å². The Labute approximate surface area is 92.1 Å². The van der Waals surface area contributed by atoms with Crippen molar-refractivity contribution >= 4 is 17.5 Å². The van der Waals surface area contributed by atoms with Crippen LogP contribution >= 0.6 is 11.6 Å². The van der Waals surface area contributed by atoms with Crippen LogP contribution < -0.4 is 5.32 Å². The molecule has 0 saturated carbocycles. The van der Waals surface area contributed by atoms with Crippen molar-refractivity contribution in [3.63, 3.8) is 0 Å². The Morgan fingerprint density at radius 1 is 1.43 bits per heavy atom. The highest BCUT2D eigenvalue weighted by molar-refractivity contribution is 6.15. The number of carbonyl (C=O) groups is 1. The summed E-state index contributed by atoms with van der Waals surface area (Å²) in [5.41, 5.74) is 0.569. The number of nitrogens with one attached hydrogen (secondary N) is 1. The molecule has 0 aliphatic rings. The molecule has 0 saturated heterocycles. The van der Waals surface area contributed by atoms with Gasteiger partial charge in [-0.1, -0.05) is 6.58 Å². The molecule has 0 bridgehead atoms. The van der Waals surface area contributed by atoms with Crippen LogP contribution in [0.5, 0.6) is 0 Å². The molecular weight excluding hydrogens is 200 g/mol. The van der Waals surface area contributed by atoms with Gasteiger partial charge in [0.25, 0.3) is 0 Å². The first-order valence-corrected chi connectivity index (χ1v) is 5.26. The minimum atomic E-state index is -0.0474. The van der Waals surface area contributed by atoms with Crippen molar-refractivity contribution in [2.45, 2.75) is 13.3 Å². The first-order chi connectivity index (χ1) is 6.54. The summed E-state index contributed by atoms with van der Waals surface area (Å²) in [5.74, 6) is -0.0474. The molecule has 0 spiro atoms. The molecular formula is C10H21ClN2O. The third kappa shape index (κ3) is 11.5. The van der Waals surface area contributed by atoms with E-state index in [-0.39, 0.29) is 5.91 Å². The molecule has 0 heterocycles. The Hall–Kier alpha value is -0.540. The third-order valence-corrected chi connectivity index (χ3v) is 1.46. The molecule has 1 amide bonds. The lowest BCUT2D eigenvalue weighted by atomic mass is 10.3. The second kappa shape index (κ2) is 10.5. The predicted molar refractivity (Wildman–Crippen MR) is 62.8 cm³/mol. The largest absolute Gasteiger partial charge is 0.352 e. The van der Waals surface area contributed by atoms with Gasteiger partial charge < -0.3 is 10.2 Å². The monoisotopic (exact) mass is 220 g/mol. The number of halogens is 1. The molecule has 0 fully saturated rings. The van der Waals surface area contributed by atoms with E-state index in [0.717, 1.165) is 19.5 Å². The van der Waals surface area contributed by atoms with E-state index in [1.165, 1.54) is 6.38 Å². The summed E-state index contributed by atoms with van der Waals surface area (Å²) in [5, 5.41) is 2.77. The Morgan fingerprint density at radius 2 is 1.93 bits per heavy atom. The number of nitrogens with zero attached hydrogens (tertiary/aromatic N) is 1. The Kier molecular flexibility index (Phi) is 12.0. The van der Waals surface area contributed by atoms with Gasteiger partial charge in [0.1, 0.15) is 0 Å². The van der Waals surface area contributed by atoms with Crippen LogP contribution in [-0.2, 0) is 4.79 Å². The third-order valence-electron chi connectivity index (χ3n) is 1.46. The van der Waals surface area contributed by atoms with Crippen molar-refractivity contribution in [3.05, 3.63) is 12.2 Å². The van der Waals surface area contributed by atoms with Crippen LogP contribution in [0, 0.1) is 0 Å². The molecule has 1 N–H and O–H groups in total. The second-order valence-electron chi connectivity index (χ2n) is 3.19. The van der Waals surface area contributed by atoms with Crippen LogP contribution in [0.3, 0.4) is 0 Å². The lowest BCUT2D eigenvalue weighted by Crippen LogP contribution is -2.27. The van der Waals surface area contributed by atoms with Gasteiger partial charge in [0, 0.05) is 18.5 Å². The van der Waals surface area contributed by atoms with Crippen molar-refractivity contribution < 1.29 is 4.79 Å². The first kappa shape index (κ1) is 15.9. The summed E-state index contributed by atoms with van der Waals surface area (Å²) >= 11 is 4.64. The predicted octanol–water partition coefficient (Wildman–Crippen LogP) is 1.49. The highest BCUT2D eigenvalue weighted by Gasteiger charge is 1.99. The van der Waals surface area contributed by atoms with Crippen LogP contribution in [0.25, 0.3) is 0 Å². The van der Waals surface area contributed by atoms with E-state index in [1.54, 1.807) is 6.92 Å². The molecule has 0 aromatic heterocycles. The van der Waals surface area contributed by atoms with Crippen molar-refractivity contribution in [3.8, 4) is 0 Å². The zero-order chi connectivity index (χ0) is 11.6. The van der Waals surface area contributed by atoms with Gasteiger partial charge in [0.15, 0.2) is 0 Å². The van der Waals surface area contributed by atoms with Crippen molar-refractivity contribution in [1.29, 1.82) is 0 Å². The fraction of sp³-hybridized carbons (Fsp3) is 0.700. The summed E-state index contributed by atoms with van der Waals surface area (Å²) in [6.45, 7) is 6.98. The lowest BCUT2D eigenvalue weighted by Gasteiger charge is -2.09. The maximum Gasteiger partial charge on any atom is 0.246 e. The molecule has 0 unspecified atom stereocenters. The summed E-state index contributed by atoms with van der Waals surface area (Å²) in [7, 11) is 4.03. The normalized spacial score (nSPS) is 9.00. The molecule has 0 aromatic rings. The lowest BCUT2D eigenvalue weighted by molar-refractivity contribution is -0.117. The molecule has 0 aliphatic carbocycles. The molecule has 84 valence electrons. The summed E-state index contributed by atoms with van der Waals surface area (Å²) in [6, 6.07) is 0. The van der Waals surface area contributed by atoms with Crippen molar-refractivity contribution in [1.82, 2.24) is 10.2 Å². The zero-order valence-electron chi connectivity index (χ0n) is 9.56. The highest BCUT2D eigenvalue weighted by Crippen LogP contribution is 1.86. The van der Waals surface area contributed by atoms with Gasteiger partial charge in [-0.15, -0.1) is 11.6 Å². The quantitative estimate of drug-likeness (QED) is 0.433. The Balaban J connectivity index is 0. The summed E-state index contributed by atoms with van der Waals surface area (Å²) in [6.07, 6.45) is 2.45. The van der Waals surface area contributed by atoms with Gasteiger partial charge in [-0.2, -0.15) is 0 Å². The average molecular weight is 221 g/mol. The number of carbonyl (C=O) groups excluding carboxylic acids is 1. The van der Waals surface area contributed by atoms with Crippen LogP contribution in [0.15, 0.2) is 12.2 Å². The van der Waals surface area contributed by atoms with E-state index in [1.807, 2.05) is 14.1 Å². The molecule has 0 atom stereocenters. The van der Waals surface area contributed by atoms with E-state index in [0.29, 0.717) is 5.57 Å². The Morgan fingerprint density at radius 3 is 2.29 bits per heavy atom. The van der Waals surface area contributed by atoms with E-state index in [4.69, 9.17) is 0 Å². The number of hydrogen-bond acceptors (Lipinski definition) is 2. The number of amides is 1. The highest BCUT2D eigenvalue weighted by atomic mass is 35.5. The zero-order valence-corrected chi connectivity index (χ0v) is 10.3. The summed E-state index contributed by atoms with van der Waals surface area (Å²) in [4.78, 5) is 13.1. The van der Waals surface area contributed by atoms with Crippen LogP contribution in [0.4, 0.5) is 0 Å². The maximum atomic E-state index is 11.0. The second-order valence-corrected chi connectivity index (χ2v) is 3.19. The molecule has 3 nitrogen and oxygen atoms in total. The maximum absolute atomic E-state index is 11.0. The molecule has 0 radical (unpaired) electrons. The first-order valence-electron chi connectivity index (χ1n) is 4.50. The summed E-state index contributed by atoms with van der Waals surface area (Å²) < 4.78 is 0. The van der Waals surface area contributed by atoms with Crippen LogP contribution in [0.1, 0.15) is 13.3 Å². The van der Waals surface area contributed by atoms with E-state index < -0.39 is 0 Å². The number of hydrogen-bond donors (Lipinski definition) is 1. The SMILES string of the molecule is C=C(C)C(=O)NCCCN(C)C.CCl. The number of alkyl halides is 1. The average Bonchev–Trinajstić information content (AvgIpc) is 2.15. The van der Waals surface area contributed by atoms with Gasteiger partial charge in [0.05, 0.1) is 0 Å². The van der Waals surface area contributed by atoms with Crippen molar-refractivity contribution in [2.75, 3.05) is 33.6 Å². The van der Waals surface area contributed by atoms with E-state index >= 15 is 0 Å². The topological polar surface area (TPSA) is 32.3 Å².